The van der Waals surface area contributed by atoms with Crippen LogP contribution in [0, 0.1) is 5.92 Å². The number of aryl methyl sites for hydroxylation is 1. The Kier molecular flexibility index (Phi) is 8.73. The molecule has 12 heteroatoms. The van der Waals surface area contributed by atoms with E-state index >= 15 is 0 Å². The molecule has 0 radical (unpaired) electrons. The minimum absolute atomic E-state index is 0.00257. The molecule has 1 aromatic carbocycles. The lowest BCUT2D eigenvalue weighted by molar-refractivity contribution is 0.147. The van der Waals surface area contributed by atoms with Crippen LogP contribution in [0.15, 0.2) is 54.3 Å². The fraction of sp³-hybridized carbons (Fsp3) is 0.545. The molecule has 10 nitrogen and oxygen atoms in total. The quantitative estimate of drug-likeness (QED) is 0.240. The van der Waals surface area contributed by atoms with Crippen LogP contribution in [0.4, 0.5) is 10.6 Å². The van der Waals surface area contributed by atoms with Gasteiger partial charge in [-0.05, 0) is 81.8 Å². The lowest BCUT2D eigenvalue weighted by Crippen LogP contribution is -2.48. The molecule has 0 aliphatic heterocycles. The molecule has 2 heterocycles. The summed E-state index contributed by atoms with van der Waals surface area (Å²) in [5, 5.41) is 15.4. The van der Waals surface area contributed by atoms with Gasteiger partial charge in [-0.2, -0.15) is 4.31 Å². The summed E-state index contributed by atoms with van der Waals surface area (Å²) in [7, 11) is -6.45. The van der Waals surface area contributed by atoms with E-state index in [1.54, 1.807) is 33.2 Å². The smallest absolute Gasteiger partial charge is 0.421 e. The summed E-state index contributed by atoms with van der Waals surface area (Å²) in [6.45, 7) is 15.6. The van der Waals surface area contributed by atoms with Crippen molar-refractivity contribution >= 4 is 41.3 Å². The van der Waals surface area contributed by atoms with Crippen LogP contribution < -0.4 is 5.32 Å². The average molecular weight is 654 g/mol. The third-order valence-corrected chi connectivity index (χ3v) is 15.9. The number of carboxylic acid groups (broad SMARTS) is 1. The number of anilines is 1. The van der Waals surface area contributed by atoms with Crippen molar-refractivity contribution in [2.24, 2.45) is 5.92 Å². The van der Waals surface area contributed by atoms with E-state index in [4.69, 9.17) is 4.43 Å². The van der Waals surface area contributed by atoms with E-state index in [0.717, 1.165) is 35.1 Å². The number of nitrogens with one attached hydrogen (secondary N) is 1. The Bertz CT molecular complexity index is 1710. The standard InChI is InChI=1S/C33H47N5O5SSi/c1-32(2,3)38(31(39)40)44(41,42)18-16-23-19-24(20-28(23)43-45(7,8)33(4,5)6)37-17-15-26-29(34-21-35-30(26)37)36-27-14-13-22-11-9-10-12-25(22)27/h9-12,15-18,21,23-24,27-28H,13-14,19-20H2,1-8H3,(H,39,40)(H,34,35,36)/t23-,24-,27+,28-/m1/s1. The van der Waals surface area contributed by atoms with E-state index in [1.165, 1.54) is 11.1 Å². The predicted molar refractivity (Wildman–Crippen MR) is 180 cm³/mol. The third-order valence-electron chi connectivity index (χ3n) is 9.66. The lowest BCUT2D eigenvalue weighted by Gasteiger charge is -2.39. The molecule has 244 valence electrons. The number of hydrogen-bond acceptors (Lipinski definition) is 7. The van der Waals surface area contributed by atoms with Gasteiger partial charge in [0.2, 0.25) is 0 Å². The molecule has 2 aliphatic carbocycles. The summed E-state index contributed by atoms with van der Waals surface area (Å²) in [5.74, 6) is 0.562. The van der Waals surface area contributed by atoms with Crippen LogP contribution in [0.3, 0.4) is 0 Å². The van der Waals surface area contributed by atoms with E-state index in [9.17, 15) is 18.3 Å². The fourth-order valence-corrected chi connectivity index (χ4v) is 9.30. The Morgan fingerprint density at radius 2 is 1.82 bits per heavy atom. The number of amides is 1. The Hall–Kier alpha value is -3.22. The summed E-state index contributed by atoms with van der Waals surface area (Å²) < 4.78 is 36.1. The highest BCUT2D eigenvalue weighted by atomic mass is 32.2. The van der Waals surface area contributed by atoms with Crippen LogP contribution in [-0.2, 0) is 20.9 Å². The zero-order valence-corrected chi connectivity index (χ0v) is 29.4. The molecule has 1 amide bonds. The number of fused-ring (bicyclic) bond motifs is 2. The molecule has 3 aromatic rings. The molecule has 0 unspecified atom stereocenters. The first-order chi connectivity index (χ1) is 20.9. The summed E-state index contributed by atoms with van der Waals surface area (Å²) in [4.78, 5) is 21.2. The SMILES string of the molecule is CC(C)(C)N(C(=O)O)S(=O)(=O)C=C[C@@H]1C[C@@H](n2ccc3c(N[C@H]4CCc5ccccc54)ncnc32)C[C@H]1O[Si](C)(C)C(C)(C)C. The molecular formula is C33H47N5O5SSi. The first-order valence-electron chi connectivity index (χ1n) is 15.7. The van der Waals surface area contributed by atoms with Gasteiger partial charge in [0, 0.05) is 23.6 Å². The van der Waals surface area contributed by atoms with Crippen LogP contribution in [0.5, 0.6) is 0 Å². The topological polar surface area (TPSA) is 127 Å². The Balaban J connectivity index is 1.45. The van der Waals surface area contributed by atoms with Gasteiger partial charge in [-0.1, -0.05) is 51.1 Å². The van der Waals surface area contributed by atoms with Crippen molar-refractivity contribution in [3.63, 3.8) is 0 Å². The zero-order chi connectivity index (χ0) is 32.9. The second kappa shape index (κ2) is 11.9. The second-order valence-electron chi connectivity index (χ2n) is 14.9. The summed E-state index contributed by atoms with van der Waals surface area (Å²) in [5.41, 5.74) is 2.37. The first kappa shape index (κ1) is 33.1. The van der Waals surface area contributed by atoms with Crippen molar-refractivity contribution in [2.75, 3.05) is 5.32 Å². The van der Waals surface area contributed by atoms with Crippen LogP contribution >= 0.6 is 0 Å². The third kappa shape index (κ3) is 6.68. The van der Waals surface area contributed by atoms with E-state index < -0.39 is 30.0 Å². The van der Waals surface area contributed by atoms with E-state index in [1.807, 2.05) is 12.3 Å². The Labute approximate surface area is 268 Å². The van der Waals surface area contributed by atoms with Crippen LogP contribution in [0.2, 0.25) is 18.1 Å². The molecule has 2 aliphatic rings. The van der Waals surface area contributed by atoms with Gasteiger partial charge in [0.1, 0.15) is 17.8 Å². The molecule has 0 bridgehead atoms. The monoisotopic (exact) mass is 653 g/mol. The minimum atomic E-state index is -4.23. The number of sulfonamides is 1. The normalized spacial score (nSPS) is 22.7. The van der Waals surface area contributed by atoms with Crippen molar-refractivity contribution in [2.45, 2.75) is 109 Å². The van der Waals surface area contributed by atoms with Crippen LogP contribution in [0.25, 0.3) is 11.0 Å². The maximum atomic E-state index is 13.3. The maximum absolute atomic E-state index is 13.3. The molecule has 0 spiro atoms. The highest BCUT2D eigenvalue weighted by Gasteiger charge is 2.44. The number of carbonyl (C=O) groups is 1. The maximum Gasteiger partial charge on any atom is 0.421 e. The summed E-state index contributed by atoms with van der Waals surface area (Å²) in [6, 6.07) is 10.8. The van der Waals surface area contributed by atoms with Crippen LogP contribution in [-0.4, -0.2) is 58.4 Å². The number of hydrogen-bond donors (Lipinski definition) is 2. The molecule has 45 heavy (non-hydrogen) atoms. The van der Waals surface area contributed by atoms with Crippen molar-refractivity contribution < 1.29 is 22.7 Å². The molecule has 1 saturated carbocycles. The summed E-state index contributed by atoms with van der Waals surface area (Å²) in [6.07, 6.45) is 6.87. The molecule has 0 saturated heterocycles. The van der Waals surface area contributed by atoms with Gasteiger partial charge in [0.05, 0.1) is 23.1 Å². The largest absolute Gasteiger partial charge is 0.464 e. The summed E-state index contributed by atoms with van der Waals surface area (Å²) >= 11 is 0. The van der Waals surface area contributed by atoms with Crippen molar-refractivity contribution in [1.29, 1.82) is 0 Å². The van der Waals surface area contributed by atoms with Crippen molar-refractivity contribution in [3.8, 4) is 0 Å². The Morgan fingerprint density at radius 3 is 2.49 bits per heavy atom. The second-order valence-corrected chi connectivity index (χ2v) is 21.3. The van der Waals surface area contributed by atoms with E-state index in [2.05, 4.69) is 78.0 Å². The lowest BCUT2D eigenvalue weighted by atomic mass is 10.1. The van der Waals surface area contributed by atoms with Crippen LogP contribution in [0.1, 0.15) is 84.0 Å². The zero-order valence-electron chi connectivity index (χ0n) is 27.6. The Morgan fingerprint density at radius 1 is 1.11 bits per heavy atom. The highest BCUT2D eigenvalue weighted by molar-refractivity contribution is 7.92. The molecule has 2 N–H and O–H groups in total. The van der Waals surface area contributed by atoms with Gasteiger partial charge in [0.15, 0.2) is 8.32 Å². The molecule has 2 aromatic heterocycles. The molecule has 5 rings (SSSR count). The van der Waals surface area contributed by atoms with Gasteiger partial charge in [0.25, 0.3) is 10.0 Å². The van der Waals surface area contributed by atoms with E-state index in [-0.39, 0.29) is 29.1 Å². The fourth-order valence-electron chi connectivity index (χ4n) is 6.42. The minimum Gasteiger partial charge on any atom is -0.464 e. The van der Waals surface area contributed by atoms with Crippen molar-refractivity contribution in [3.05, 3.63) is 65.5 Å². The first-order valence-corrected chi connectivity index (χ1v) is 20.1. The number of aromatic nitrogens is 3. The van der Waals surface area contributed by atoms with Gasteiger partial charge in [-0.3, -0.25) is 0 Å². The number of nitrogens with zero attached hydrogens (tertiary/aromatic N) is 4. The number of benzene rings is 1. The highest BCUT2D eigenvalue weighted by Crippen LogP contribution is 2.45. The molecule has 4 atom stereocenters. The molecular weight excluding hydrogens is 607 g/mol. The predicted octanol–water partition coefficient (Wildman–Crippen LogP) is 7.49. The molecule has 1 fully saturated rings. The van der Waals surface area contributed by atoms with E-state index in [0.29, 0.717) is 17.1 Å². The van der Waals surface area contributed by atoms with Crippen molar-refractivity contribution in [1.82, 2.24) is 18.8 Å². The van der Waals surface area contributed by atoms with Gasteiger partial charge in [-0.15, -0.1) is 0 Å². The van der Waals surface area contributed by atoms with Gasteiger partial charge in [-0.25, -0.2) is 23.2 Å². The average Bonchev–Trinajstić information content (AvgIpc) is 3.63. The number of rotatable bonds is 8. The van der Waals surface area contributed by atoms with Gasteiger partial charge < -0.3 is 19.4 Å². The van der Waals surface area contributed by atoms with Gasteiger partial charge >= 0.3 is 6.09 Å².